The average Bonchev–Trinajstić information content (AvgIpc) is 2.28. The molecule has 1 N–H and O–H groups in total. The van der Waals surface area contributed by atoms with Gasteiger partial charge in [-0.1, -0.05) is 13.3 Å². The van der Waals surface area contributed by atoms with Gasteiger partial charge < -0.3 is 14.9 Å². The number of nitrogens with zero attached hydrogens (tertiary/aromatic N) is 3. The summed E-state index contributed by atoms with van der Waals surface area (Å²) in [6, 6.07) is 0. The lowest BCUT2D eigenvalue weighted by Gasteiger charge is -2.47. The van der Waals surface area contributed by atoms with Crippen molar-refractivity contribution in [2.45, 2.75) is 25.4 Å². The minimum Gasteiger partial charge on any atom is -0.387 e. The third kappa shape index (κ3) is 3.22. The van der Waals surface area contributed by atoms with Crippen molar-refractivity contribution in [2.75, 3.05) is 52.9 Å². The maximum absolute atomic E-state index is 12.1. The lowest BCUT2D eigenvalue weighted by atomic mass is 9.89. The van der Waals surface area contributed by atoms with E-state index in [0.717, 1.165) is 39.0 Å². The zero-order valence-corrected chi connectivity index (χ0v) is 11.6. The van der Waals surface area contributed by atoms with Crippen molar-refractivity contribution >= 4 is 5.91 Å². The molecular formula is C13H25N3O2. The Morgan fingerprint density at radius 2 is 1.83 bits per heavy atom. The van der Waals surface area contributed by atoms with E-state index < -0.39 is 5.60 Å². The van der Waals surface area contributed by atoms with Gasteiger partial charge in [-0.2, -0.15) is 0 Å². The van der Waals surface area contributed by atoms with Crippen molar-refractivity contribution < 1.29 is 9.90 Å². The third-order valence-electron chi connectivity index (χ3n) is 3.97. The highest BCUT2D eigenvalue weighted by Crippen LogP contribution is 2.25. The summed E-state index contributed by atoms with van der Waals surface area (Å²) < 4.78 is 0. The number of likely N-dealkylation sites (tertiary alicyclic amines) is 1. The summed E-state index contributed by atoms with van der Waals surface area (Å²) in [5.74, 6) is 0.210. The molecule has 104 valence electrons. The molecule has 2 heterocycles. The number of hydrogen-bond donors (Lipinski definition) is 1. The Balaban J connectivity index is 1.70. The summed E-state index contributed by atoms with van der Waals surface area (Å²) in [6.07, 6.45) is 1.84. The molecule has 0 atom stereocenters. The number of β-amino-alcohol motifs (C(OH)–C–C–N with tert-alkyl or cyclic N) is 1. The number of piperazine rings is 1. The van der Waals surface area contributed by atoms with Crippen molar-refractivity contribution in [3.05, 3.63) is 0 Å². The Labute approximate surface area is 109 Å². The van der Waals surface area contributed by atoms with Crippen LogP contribution in [-0.2, 0) is 4.79 Å². The van der Waals surface area contributed by atoms with Crippen molar-refractivity contribution in [2.24, 2.45) is 0 Å². The van der Waals surface area contributed by atoms with Crippen LogP contribution in [0.15, 0.2) is 0 Å². The number of aliphatic hydroxyl groups is 1. The van der Waals surface area contributed by atoms with Gasteiger partial charge in [-0.15, -0.1) is 0 Å². The molecule has 0 aromatic carbocycles. The molecular weight excluding hydrogens is 230 g/mol. The van der Waals surface area contributed by atoms with Crippen molar-refractivity contribution in [3.8, 4) is 0 Å². The highest BCUT2D eigenvalue weighted by atomic mass is 16.3. The first kappa shape index (κ1) is 13.8. The second-order valence-electron chi connectivity index (χ2n) is 5.80. The first-order valence-corrected chi connectivity index (χ1v) is 6.93. The fourth-order valence-electron chi connectivity index (χ4n) is 2.87. The van der Waals surface area contributed by atoms with E-state index in [1.807, 2.05) is 4.90 Å². The summed E-state index contributed by atoms with van der Waals surface area (Å²) >= 11 is 0. The average molecular weight is 255 g/mol. The first-order valence-electron chi connectivity index (χ1n) is 6.93. The van der Waals surface area contributed by atoms with Crippen LogP contribution in [0.2, 0.25) is 0 Å². The monoisotopic (exact) mass is 255 g/mol. The quantitative estimate of drug-likeness (QED) is 0.743. The smallest absolute Gasteiger partial charge is 0.236 e. The highest BCUT2D eigenvalue weighted by Gasteiger charge is 2.41. The number of carbonyl (C=O) groups is 1. The van der Waals surface area contributed by atoms with Gasteiger partial charge in [0, 0.05) is 39.3 Å². The van der Waals surface area contributed by atoms with Gasteiger partial charge in [-0.25, -0.2) is 0 Å². The Morgan fingerprint density at radius 3 is 2.39 bits per heavy atom. The molecule has 0 saturated carbocycles. The van der Waals surface area contributed by atoms with E-state index >= 15 is 0 Å². The molecule has 0 unspecified atom stereocenters. The minimum atomic E-state index is -0.531. The van der Waals surface area contributed by atoms with Crippen LogP contribution in [0, 0.1) is 0 Å². The summed E-state index contributed by atoms with van der Waals surface area (Å²) in [5, 5.41) is 10.1. The zero-order valence-electron chi connectivity index (χ0n) is 11.6. The molecule has 0 aliphatic carbocycles. The van der Waals surface area contributed by atoms with Crippen LogP contribution in [-0.4, -0.2) is 84.2 Å². The molecule has 0 spiro atoms. The largest absolute Gasteiger partial charge is 0.387 e. The molecule has 18 heavy (non-hydrogen) atoms. The SMILES string of the molecule is CCCC1(O)CN(CC(=O)N2CCN(C)CC2)C1. The molecule has 2 rings (SSSR count). The predicted octanol–water partition coefficient (Wildman–Crippen LogP) is -0.393. The number of carbonyl (C=O) groups excluding carboxylic acids is 1. The summed E-state index contributed by atoms with van der Waals surface area (Å²) in [5.41, 5.74) is -0.531. The molecule has 0 radical (unpaired) electrons. The Kier molecular flexibility index (Phi) is 4.25. The normalized spacial score (nSPS) is 24.9. The number of rotatable bonds is 4. The Hall–Kier alpha value is -0.650. The van der Waals surface area contributed by atoms with Gasteiger partial charge in [0.15, 0.2) is 0 Å². The van der Waals surface area contributed by atoms with E-state index in [0.29, 0.717) is 19.6 Å². The topological polar surface area (TPSA) is 47.0 Å². The molecule has 0 bridgehead atoms. The summed E-state index contributed by atoms with van der Waals surface area (Å²) in [4.78, 5) is 18.3. The van der Waals surface area contributed by atoms with Crippen LogP contribution < -0.4 is 0 Å². The molecule has 2 saturated heterocycles. The van der Waals surface area contributed by atoms with Gasteiger partial charge >= 0.3 is 0 Å². The molecule has 5 nitrogen and oxygen atoms in total. The van der Waals surface area contributed by atoms with E-state index in [2.05, 4.69) is 23.8 Å². The van der Waals surface area contributed by atoms with E-state index in [1.54, 1.807) is 0 Å². The second kappa shape index (κ2) is 5.55. The van der Waals surface area contributed by atoms with Gasteiger partial charge in [0.2, 0.25) is 5.91 Å². The lowest BCUT2D eigenvalue weighted by molar-refractivity contribution is -0.143. The van der Waals surface area contributed by atoms with Crippen LogP contribution in [0.5, 0.6) is 0 Å². The van der Waals surface area contributed by atoms with Crippen LogP contribution in [0.3, 0.4) is 0 Å². The number of amides is 1. The molecule has 5 heteroatoms. The Bertz CT molecular complexity index is 295. The van der Waals surface area contributed by atoms with E-state index in [1.165, 1.54) is 0 Å². The molecule has 2 fully saturated rings. The molecule has 0 aromatic rings. The van der Waals surface area contributed by atoms with Crippen LogP contribution in [0.4, 0.5) is 0 Å². The Morgan fingerprint density at radius 1 is 1.22 bits per heavy atom. The third-order valence-corrected chi connectivity index (χ3v) is 3.97. The number of hydrogen-bond acceptors (Lipinski definition) is 4. The van der Waals surface area contributed by atoms with Crippen molar-refractivity contribution in [3.63, 3.8) is 0 Å². The molecule has 1 amide bonds. The minimum absolute atomic E-state index is 0.210. The van der Waals surface area contributed by atoms with E-state index in [-0.39, 0.29) is 5.91 Å². The summed E-state index contributed by atoms with van der Waals surface area (Å²) in [7, 11) is 2.09. The van der Waals surface area contributed by atoms with E-state index in [4.69, 9.17) is 0 Å². The standard InChI is InChI=1S/C13H25N3O2/c1-3-4-13(18)10-15(11-13)9-12(17)16-7-5-14(2)6-8-16/h18H,3-11H2,1-2H3. The lowest BCUT2D eigenvalue weighted by Crippen LogP contribution is -2.63. The molecule has 2 aliphatic heterocycles. The predicted molar refractivity (Wildman–Crippen MR) is 70.4 cm³/mol. The van der Waals surface area contributed by atoms with Gasteiger partial charge in [0.05, 0.1) is 12.1 Å². The van der Waals surface area contributed by atoms with E-state index in [9.17, 15) is 9.90 Å². The maximum Gasteiger partial charge on any atom is 0.236 e. The fraction of sp³-hybridized carbons (Fsp3) is 0.923. The second-order valence-corrected chi connectivity index (χ2v) is 5.80. The number of likely N-dealkylation sites (N-methyl/N-ethyl adjacent to an activating group) is 1. The maximum atomic E-state index is 12.1. The van der Waals surface area contributed by atoms with Crippen molar-refractivity contribution in [1.29, 1.82) is 0 Å². The van der Waals surface area contributed by atoms with Gasteiger partial charge in [-0.3, -0.25) is 9.69 Å². The van der Waals surface area contributed by atoms with Crippen LogP contribution in [0.25, 0.3) is 0 Å². The fourth-order valence-corrected chi connectivity index (χ4v) is 2.87. The van der Waals surface area contributed by atoms with Gasteiger partial charge in [0.1, 0.15) is 0 Å². The molecule has 0 aromatic heterocycles. The van der Waals surface area contributed by atoms with Gasteiger partial charge in [0.25, 0.3) is 0 Å². The summed E-state index contributed by atoms with van der Waals surface area (Å²) in [6.45, 7) is 7.45. The van der Waals surface area contributed by atoms with Crippen molar-refractivity contribution in [1.82, 2.24) is 14.7 Å². The zero-order chi connectivity index (χ0) is 13.2. The molecule has 2 aliphatic rings. The van der Waals surface area contributed by atoms with Crippen LogP contribution in [0.1, 0.15) is 19.8 Å². The van der Waals surface area contributed by atoms with Crippen LogP contribution >= 0.6 is 0 Å². The first-order chi connectivity index (χ1) is 8.52. The van der Waals surface area contributed by atoms with Gasteiger partial charge in [-0.05, 0) is 13.5 Å². The highest BCUT2D eigenvalue weighted by molar-refractivity contribution is 5.78.